The molecule has 0 rings (SSSR count). The zero-order valence-electron chi connectivity index (χ0n) is 6.60. The summed E-state index contributed by atoms with van der Waals surface area (Å²) in [7, 11) is 0. The van der Waals surface area contributed by atoms with Gasteiger partial charge in [0.2, 0.25) is 0 Å². The van der Waals surface area contributed by atoms with Crippen LogP contribution in [0.25, 0.3) is 0 Å². The molecule has 0 fully saturated rings. The molecule has 8 heavy (non-hydrogen) atoms. The van der Waals surface area contributed by atoms with E-state index in [9.17, 15) is 0 Å². The number of hydrogen-bond donors (Lipinski definition) is 0. The molecule has 0 aromatic heterocycles. The Morgan fingerprint density at radius 1 is 1.00 bits per heavy atom. The van der Waals surface area contributed by atoms with Gasteiger partial charge < -0.3 is 0 Å². The predicted molar refractivity (Wildman–Crippen MR) is 40.7 cm³/mol. The Labute approximate surface area is 67.4 Å². The molecule has 1 nitrogen and oxygen atoms in total. The van der Waals surface area contributed by atoms with Gasteiger partial charge in [0.25, 0.3) is 0 Å². The van der Waals surface area contributed by atoms with Crippen LogP contribution in [0.5, 0.6) is 0 Å². The van der Waals surface area contributed by atoms with E-state index >= 15 is 0 Å². The molecule has 0 N–H and O–H groups in total. The van der Waals surface area contributed by atoms with E-state index in [1.807, 2.05) is 0 Å². The molecule has 0 aromatic rings. The Balaban J connectivity index is 3.46. The second-order valence-electron chi connectivity index (χ2n) is 2.85. The molecule has 0 radical (unpaired) electrons. The molecule has 0 saturated carbocycles. The third kappa shape index (κ3) is 2.98. The number of hydrogen-bond acceptors (Lipinski definition) is 1. The summed E-state index contributed by atoms with van der Waals surface area (Å²) in [4.78, 5) is 0. The third-order valence-corrected chi connectivity index (χ3v) is 7.52. The fraction of sp³-hybridized carbons (Fsp3) is 1.00. The Bertz CT molecular complexity index is 53.5. The molecule has 0 amide bonds. The average Bonchev–Trinajstić information content (AvgIpc) is 1.64. The summed E-state index contributed by atoms with van der Waals surface area (Å²) in [5.74, 6) is 0. The number of rotatable bonds is 2. The first kappa shape index (κ1) is 8.83. The molecule has 0 bridgehead atoms. The van der Waals surface area contributed by atoms with Gasteiger partial charge in [-0.25, -0.2) is 0 Å². The molecule has 0 aliphatic rings. The molecular formula is C6H16InN. The van der Waals surface area contributed by atoms with E-state index in [1.54, 1.807) is 0 Å². The first-order valence-corrected chi connectivity index (χ1v) is 5.83. The molecule has 0 atom stereocenters. The van der Waals surface area contributed by atoms with Crippen LogP contribution in [0, 0.1) is 0 Å². The fourth-order valence-electron chi connectivity index (χ4n) is 0.596. The van der Waals surface area contributed by atoms with Crippen LogP contribution in [0.1, 0.15) is 27.7 Å². The van der Waals surface area contributed by atoms with Crippen LogP contribution in [0.2, 0.25) is 0 Å². The molecule has 0 aliphatic heterocycles. The molecule has 0 aliphatic carbocycles. The summed E-state index contributed by atoms with van der Waals surface area (Å²) >= 11 is 0.701. The van der Waals surface area contributed by atoms with Crippen molar-refractivity contribution in [2.24, 2.45) is 0 Å². The fourth-order valence-corrected chi connectivity index (χ4v) is 0.596. The van der Waals surface area contributed by atoms with Crippen molar-refractivity contribution in [3.05, 3.63) is 0 Å². The average molecular weight is 217 g/mol. The topological polar surface area (TPSA) is 3.24 Å². The summed E-state index contributed by atoms with van der Waals surface area (Å²) in [6.07, 6.45) is 0. The molecule has 0 heterocycles. The first-order valence-electron chi connectivity index (χ1n) is 3.27. The van der Waals surface area contributed by atoms with Crippen molar-refractivity contribution in [1.82, 2.24) is 2.89 Å². The Kier molecular flexibility index (Phi) is 4.17. The molecule has 48 valence electrons. The van der Waals surface area contributed by atoms with E-state index < -0.39 is 0 Å². The predicted octanol–water partition coefficient (Wildman–Crippen LogP) is 0.653. The first-order chi connectivity index (χ1) is 3.55. The van der Waals surface area contributed by atoms with Crippen molar-refractivity contribution in [3.63, 3.8) is 0 Å². The van der Waals surface area contributed by atoms with Gasteiger partial charge >= 0.3 is 67.3 Å². The normalized spacial score (nSPS) is 11.9. The zero-order valence-corrected chi connectivity index (χ0v) is 12.3. The molecule has 0 aromatic carbocycles. The van der Waals surface area contributed by atoms with Gasteiger partial charge in [0, 0.05) is 0 Å². The van der Waals surface area contributed by atoms with E-state index in [-0.39, 0.29) is 0 Å². The summed E-state index contributed by atoms with van der Waals surface area (Å²) in [5, 5.41) is 0. The van der Waals surface area contributed by atoms with Gasteiger partial charge in [0.05, 0.1) is 0 Å². The minimum absolute atomic E-state index is 0.701. The van der Waals surface area contributed by atoms with Crippen LogP contribution in [0.4, 0.5) is 0 Å². The van der Waals surface area contributed by atoms with Crippen molar-refractivity contribution in [2.75, 3.05) is 0 Å². The Morgan fingerprint density at radius 3 is 1.25 bits per heavy atom. The minimum atomic E-state index is 0.701. The van der Waals surface area contributed by atoms with Gasteiger partial charge in [0.1, 0.15) is 0 Å². The zero-order chi connectivity index (χ0) is 6.73. The van der Waals surface area contributed by atoms with Crippen molar-refractivity contribution in [2.45, 2.75) is 39.8 Å². The van der Waals surface area contributed by atoms with Crippen molar-refractivity contribution < 1.29 is 0 Å². The van der Waals surface area contributed by atoms with Gasteiger partial charge in [-0.15, -0.1) is 0 Å². The van der Waals surface area contributed by atoms with E-state index in [1.165, 1.54) is 0 Å². The second-order valence-corrected chi connectivity index (χ2v) is 5.80. The maximum atomic E-state index is 2.54. The van der Waals surface area contributed by atoms with E-state index in [4.69, 9.17) is 0 Å². The van der Waals surface area contributed by atoms with Crippen molar-refractivity contribution in [3.8, 4) is 0 Å². The second kappa shape index (κ2) is 3.78. The van der Waals surface area contributed by atoms with Gasteiger partial charge in [-0.2, -0.15) is 0 Å². The van der Waals surface area contributed by atoms with Crippen LogP contribution in [-0.2, 0) is 0 Å². The molecule has 0 saturated heterocycles. The quantitative estimate of drug-likeness (QED) is 0.656. The maximum absolute atomic E-state index is 2.54. The standard InChI is InChI=1S/C6H14N.In.2H/c1-5(2)7-6(3)4;;;/h5-6H,1-4H3;;;/q-1;+1;;. The van der Waals surface area contributed by atoms with Crippen molar-refractivity contribution >= 4 is 24.7 Å². The molecule has 0 unspecified atom stereocenters. The van der Waals surface area contributed by atoms with Crippen LogP contribution < -0.4 is 0 Å². The third-order valence-electron chi connectivity index (χ3n) is 1.63. The van der Waals surface area contributed by atoms with E-state index in [0.717, 1.165) is 12.1 Å². The van der Waals surface area contributed by atoms with Gasteiger partial charge in [0.15, 0.2) is 0 Å². The Hall–Kier alpha value is 0.830. The van der Waals surface area contributed by atoms with Gasteiger partial charge in [-0.1, -0.05) is 0 Å². The molecule has 2 heteroatoms. The van der Waals surface area contributed by atoms with Crippen LogP contribution in [0.15, 0.2) is 0 Å². The monoisotopic (exact) mass is 217 g/mol. The van der Waals surface area contributed by atoms with Crippen LogP contribution >= 0.6 is 0 Å². The SMILES string of the molecule is CC(C)[N]([InH2])C(C)C. The van der Waals surface area contributed by atoms with E-state index in [2.05, 4.69) is 30.6 Å². The molecular weight excluding hydrogens is 201 g/mol. The number of nitrogens with zero attached hydrogens (tertiary/aromatic N) is 1. The summed E-state index contributed by atoms with van der Waals surface area (Å²) in [5.41, 5.74) is 0. The van der Waals surface area contributed by atoms with Crippen LogP contribution in [-0.4, -0.2) is 39.6 Å². The van der Waals surface area contributed by atoms with Crippen molar-refractivity contribution in [1.29, 1.82) is 0 Å². The Morgan fingerprint density at radius 2 is 1.25 bits per heavy atom. The van der Waals surface area contributed by atoms with Gasteiger partial charge in [-0.3, -0.25) is 0 Å². The molecule has 0 spiro atoms. The summed E-state index contributed by atoms with van der Waals surface area (Å²) in [6, 6.07) is 1.54. The van der Waals surface area contributed by atoms with Crippen LogP contribution in [0.3, 0.4) is 0 Å². The van der Waals surface area contributed by atoms with E-state index in [0.29, 0.717) is 24.7 Å². The van der Waals surface area contributed by atoms with Gasteiger partial charge in [-0.05, 0) is 0 Å². The summed E-state index contributed by atoms with van der Waals surface area (Å²) in [6.45, 7) is 9.04. The summed E-state index contributed by atoms with van der Waals surface area (Å²) < 4.78 is 2.54.